The molecule has 110 valence electrons. The van der Waals surface area contributed by atoms with Crippen molar-refractivity contribution < 1.29 is 0 Å². The Bertz CT molecular complexity index is 286. The molecule has 0 bridgehead atoms. The molecule has 1 aliphatic carbocycles. The molecule has 0 aromatic carbocycles. The highest BCUT2D eigenvalue weighted by Crippen LogP contribution is 2.30. The van der Waals surface area contributed by atoms with Crippen molar-refractivity contribution in [2.45, 2.75) is 48.1 Å². The summed E-state index contributed by atoms with van der Waals surface area (Å²) >= 11 is 5.12. The van der Waals surface area contributed by atoms with Crippen LogP contribution in [-0.4, -0.2) is 68.2 Å². The van der Waals surface area contributed by atoms with Crippen molar-refractivity contribution >= 4 is 45.5 Å². The zero-order valence-corrected chi connectivity index (χ0v) is 15.9. The van der Waals surface area contributed by atoms with Crippen LogP contribution in [-0.2, 0) is 0 Å². The van der Waals surface area contributed by atoms with Gasteiger partial charge in [0.1, 0.15) is 0 Å². The molecule has 2 atom stereocenters. The largest absolute Gasteiger partial charge is 0.298 e. The van der Waals surface area contributed by atoms with E-state index in [0.29, 0.717) is 0 Å². The predicted molar refractivity (Wildman–Crippen MR) is 97.2 cm³/mol. The molecule has 0 radical (unpaired) electrons. The standard InChI is InChI=1S/C14H25I2N3/c15-12-1-2-14(11-12)18-9-7-17(8-10-18)13-3-5-19(16)6-4-13/h12-14H,1-11H2. The SMILES string of the molecule is IC1CCC(N2CCN(C3CCN(I)CC3)CC2)C1. The average Bonchev–Trinajstić information content (AvgIpc) is 2.87. The summed E-state index contributed by atoms with van der Waals surface area (Å²) < 4.78 is 3.39. The van der Waals surface area contributed by atoms with E-state index in [1.54, 1.807) is 0 Å². The Kier molecular flexibility index (Phi) is 5.67. The van der Waals surface area contributed by atoms with Crippen molar-refractivity contribution in [3.05, 3.63) is 0 Å². The van der Waals surface area contributed by atoms with E-state index in [2.05, 4.69) is 58.4 Å². The lowest BCUT2D eigenvalue weighted by Gasteiger charge is -2.43. The number of piperidine rings is 1. The molecular weight excluding hydrogens is 464 g/mol. The highest BCUT2D eigenvalue weighted by molar-refractivity contribution is 14.1. The summed E-state index contributed by atoms with van der Waals surface area (Å²) in [6, 6.07) is 1.77. The van der Waals surface area contributed by atoms with E-state index in [0.717, 1.165) is 16.0 Å². The molecule has 0 N–H and O–H groups in total. The van der Waals surface area contributed by atoms with E-state index in [-0.39, 0.29) is 0 Å². The Labute approximate surface area is 145 Å². The van der Waals surface area contributed by atoms with Crippen LogP contribution in [0.2, 0.25) is 0 Å². The summed E-state index contributed by atoms with van der Waals surface area (Å²) in [7, 11) is 0. The molecule has 2 heterocycles. The first kappa shape index (κ1) is 15.2. The van der Waals surface area contributed by atoms with Crippen LogP contribution in [0, 0.1) is 0 Å². The second-order valence-electron chi connectivity index (χ2n) is 6.28. The molecule has 0 spiro atoms. The van der Waals surface area contributed by atoms with Crippen molar-refractivity contribution in [3.63, 3.8) is 0 Å². The molecule has 2 saturated heterocycles. The third kappa shape index (κ3) is 3.96. The molecule has 3 fully saturated rings. The second-order valence-corrected chi connectivity index (χ2v) is 9.40. The molecule has 3 rings (SSSR count). The molecule has 1 saturated carbocycles. The van der Waals surface area contributed by atoms with E-state index < -0.39 is 0 Å². The number of rotatable bonds is 2. The van der Waals surface area contributed by atoms with Crippen LogP contribution in [0.4, 0.5) is 0 Å². The van der Waals surface area contributed by atoms with Gasteiger partial charge in [-0.25, -0.2) is 3.11 Å². The first-order valence-corrected chi connectivity index (χ1v) is 9.96. The molecular formula is C14H25I2N3. The summed E-state index contributed by atoms with van der Waals surface area (Å²) in [6.07, 6.45) is 7.08. The van der Waals surface area contributed by atoms with Crippen molar-refractivity contribution in [1.82, 2.24) is 12.9 Å². The van der Waals surface area contributed by atoms with Gasteiger partial charge in [-0.3, -0.25) is 9.80 Å². The third-order valence-electron chi connectivity index (χ3n) is 5.13. The highest BCUT2D eigenvalue weighted by atomic mass is 127. The summed E-state index contributed by atoms with van der Waals surface area (Å²) in [5, 5.41) is 0. The van der Waals surface area contributed by atoms with Crippen molar-refractivity contribution in [3.8, 4) is 0 Å². The minimum Gasteiger partial charge on any atom is -0.298 e. The quantitative estimate of drug-likeness (QED) is 0.336. The maximum Gasteiger partial charge on any atom is 0.0201 e. The number of piperazine rings is 1. The van der Waals surface area contributed by atoms with Crippen molar-refractivity contribution in [2.75, 3.05) is 39.3 Å². The molecule has 0 amide bonds. The van der Waals surface area contributed by atoms with Crippen molar-refractivity contribution in [1.29, 1.82) is 0 Å². The van der Waals surface area contributed by atoms with Gasteiger partial charge in [0.15, 0.2) is 0 Å². The molecule has 0 aromatic rings. The predicted octanol–water partition coefficient (Wildman–Crippen LogP) is 2.77. The molecule has 3 nitrogen and oxygen atoms in total. The third-order valence-corrected chi connectivity index (χ3v) is 7.23. The van der Waals surface area contributed by atoms with Gasteiger partial charge in [0.05, 0.1) is 0 Å². The smallest absolute Gasteiger partial charge is 0.0201 e. The van der Waals surface area contributed by atoms with Gasteiger partial charge in [0.2, 0.25) is 0 Å². The molecule has 3 aliphatic rings. The topological polar surface area (TPSA) is 9.72 Å². The van der Waals surface area contributed by atoms with Gasteiger partial charge in [0.25, 0.3) is 0 Å². The van der Waals surface area contributed by atoms with E-state index in [9.17, 15) is 0 Å². The summed E-state index contributed by atoms with van der Waals surface area (Å²) in [5.41, 5.74) is 0. The second kappa shape index (κ2) is 7.07. The molecule has 0 aromatic heterocycles. The highest BCUT2D eigenvalue weighted by Gasteiger charge is 2.32. The zero-order chi connectivity index (χ0) is 13.2. The van der Waals surface area contributed by atoms with Crippen LogP contribution < -0.4 is 0 Å². The Morgan fingerprint density at radius 1 is 0.684 bits per heavy atom. The van der Waals surface area contributed by atoms with Gasteiger partial charge in [-0.1, -0.05) is 22.6 Å². The Balaban J connectivity index is 1.44. The molecule has 2 unspecified atom stereocenters. The van der Waals surface area contributed by atoms with Gasteiger partial charge in [-0.2, -0.15) is 0 Å². The van der Waals surface area contributed by atoms with Gasteiger partial charge in [0, 0.05) is 78.1 Å². The fourth-order valence-corrected chi connectivity index (χ4v) is 5.41. The van der Waals surface area contributed by atoms with Crippen molar-refractivity contribution in [2.24, 2.45) is 0 Å². The van der Waals surface area contributed by atoms with E-state index >= 15 is 0 Å². The van der Waals surface area contributed by atoms with E-state index in [1.165, 1.54) is 71.4 Å². The lowest BCUT2D eigenvalue weighted by atomic mass is 10.0. The van der Waals surface area contributed by atoms with Crippen LogP contribution in [0.5, 0.6) is 0 Å². The van der Waals surface area contributed by atoms with Crippen LogP contribution in [0.15, 0.2) is 0 Å². The van der Waals surface area contributed by atoms with Crippen LogP contribution in [0.3, 0.4) is 0 Å². The lowest BCUT2D eigenvalue weighted by Crippen LogP contribution is -2.54. The lowest BCUT2D eigenvalue weighted by molar-refractivity contribution is 0.0557. The Hall–Kier alpha value is 1.34. The first-order valence-electron chi connectivity index (χ1n) is 7.75. The minimum absolute atomic E-state index is 0.870. The summed E-state index contributed by atoms with van der Waals surface area (Å²) in [5.74, 6) is 0. The number of halogens is 2. The fourth-order valence-electron chi connectivity index (χ4n) is 3.90. The van der Waals surface area contributed by atoms with Gasteiger partial charge < -0.3 is 0 Å². The van der Waals surface area contributed by atoms with Crippen LogP contribution in [0.25, 0.3) is 0 Å². The number of hydrogen-bond acceptors (Lipinski definition) is 3. The summed E-state index contributed by atoms with van der Waals surface area (Å²) in [4.78, 5) is 5.55. The van der Waals surface area contributed by atoms with E-state index in [1.807, 2.05) is 0 Å². The normalized spacial score (nSPS) is 36.9. The molecule has 19 heavy (non-hydrogen) atoms. The maximum absolute atomic E-state index is 2.78. The van der Waals surface area contributed by atoms with Gasteiger partial charge in [-0.05, 0) is 32.1 Å². The summed E-state index contributed by atoms with van der Waals surface area (Å²) in [6.45, 7) is 7.83. The van der Waals surface area contributed by atoms with E-state index in [4.69, 9.17) is 0 Å². The van der Waals surface area contributed by atoms with Crippen LogP contribution in [0.1, 0.15) is 32.1 Å². The minimum atomic E-state index is 0.870. The molecule has 5 heteroatoms. The Morgan fingerprint density at radius 3 is 1.79 bits per heavy atom. The maximum atomic E-state index is 2.78. The number of hydrogen-bond donors (Lipinski definition) is 0. The van der Waals surface area contributed by atoms with Gasteiger partial charge in [-0.15, -0.1) is 0 Å². The monoisotopic (exact) mass is 489 g/mol. The number of nitrogens with zero attached hydrogens (tertiary/aromatic N) is 3. The van der Waals surface area contributed by atoms with Crippen LogP contribution >= 0.6 is 45.5 Å². The van der Waals surface area contributed by atoms with Gasteiger partial charge >= 0.3 is 0 Å². The first-order chi connectivity index (χ1) is 9.22. The zero-order valence-electron chi connectivity index (χ0n) is 11.6. The fraction of sp³-hybridized carbons (Fsp3) is 1.00. The molecule has 2 aliphatic heterocycles. The Morgan fingerprint density at radius 2 is 1.26 bits per heavy atom. The average molecular weight is 489 g/mol. The number of alkyl halides is 1.